The Bertz CT molecular complexity index is 614. The smallest absolute Gasteiger partial charge is 0.313 e. The lowest BCUT2D eigenvalue weighted by atomic mass is 10.1. The van der Waals surface area contributed by atoms with Crippen molar-refractivity contribution in [2.45, 2.75) is 13.3 Å². The highest BCUT2D eigenvalue weighted by Gasteiger charge is 2.18. The third kappa shape index (κ3) is 3.00. The van der Waals surface area contributed by atoms with Gasteiger partial charge in [0.15, 0.2) is 5.69 Å². The first kappa shape index (κ1) is 13.7. The molecule has 2 rings (SSSR count). The van der Waals surface area contributed by atoms with E-state index in [-0.39, 0.29) is 17.3 Å². The Kier molecular flexibility index (Phi) is 4.09. The number of anilines is 1. The molecule has 7 nitrogen and oxygen atoms in total. The zero-order valence-corrected chi connectivity index (χ0v) is 10.9. The predicted molar refractivity (Wildman–Crippen MR) is 74.3 cm³/mol. The third-order valence-electron chi connectivity index (χ3n) is 2.59. The molecule has 1 heterocycles. The molecule has 0 spiro atoms. The molecule has 0 aliphatic heterocycles. The van der Waals surface area contributed by atoms with Gasteiger partial charge in [-0.2, -0.15) is 0 Å². The van der Waals surface area contributed by atoms with Gasteiger partial charge in [0.2, 0.25) is 5.95 Å². The summed E-state index contributed by atoms with van der Waals surface area (Å²) in [5, 5.41) is 11.0. The third-order valence-corrected chi connectivity index (χ3v) is 2.59. The molecular formula is C13H14N4O3. The summed E-state index contributed by atoms with van der Waals surface area (Å²) in [7, 11) is 0. The number of hydrogen-bond donors (Lipinski definition) is 1. The molecule has 0 amide bonds. The first-order valence-corrected chi connectivity index (χ1v) is 6.12. The lowest BCUT2D eigenvalue weighted by Gasteiger charge is -2.06. The minimum Gasteiger partial charge on any atom is -0.494 e. The van der Waals surface area contributed by atoms with Crippen LogP contribution in [0.5, 0.6) is 5.75 Å². The van der Waals surface area contributed by atoms with Gasteiger partial charge in [-0.3, -0.25) is 10.1 Å². The van der Waals surface area contributed by atoms with Crippen molar-refractivity contribution in [3.8, 4) is 17.0 Å². The lowest BCUT2D eigenvalue weighted by Crippen LogP contribution is -2.01. The average molecular weight is 274 g/mol. The lowest BCUT2D eigenvalue weighted by molar-refractivity contribution is -0.384. The number of nitrogens with zero attached hydrogens (tertiary/aromatic N) is 3. The van der Waals surface area contributed by atoms with E-state index in [1.807, 2.05) is 6.92 Å². The summed E-state index contributed by atoms with van der Waals surface area (Å²) in [4.78, 5) is 18.0. The second-order valence-corrected chi connectivity index (χ2v) is 4.09. The maximum atomic E-state index is 11.0. The highest BCUT2D eigenvalue weighted by Crippen LogP contribution is 2.28. The van der Waals surface area contributed by atoms with Crippen LogP contribution in [0.1, 0.15) is 13.3 Å². The minimum absolute atomic E-state index is 0.00286. The molecule has 20 heavy (non-hydrogen) atoms. The van der Waals surface area contributed by atoms with Crippen LogP contribution in [0.25, 0.3) is 11.3 Å². The second kappa shape index (κ2) is 5.96. The summed E-state index contributed by atoms with van der Waals surface area (Å²) < 4.78 is 5.46. The van der Waals surface area contributed by atoms with Gasteiger partial charge in [-0.1, -0.05) is 6.92 Å². The number of ether oxygens (including phenoxy) is 1. The Balaban J connectivity index is 2.36. The van der Waals surface area contributed by atoms with Gasteiger partial charge in [0, 0.05) is 5.56 Å². The minimum atomic E-state index is -0.531. The van der Waals surface area contributed by atoms with E-state index in [4.69, 9.17) is 10.5 Å². The molecule has 0 atom stereocenters. The number of aromatic nitrogens is 2. The van der Waals surface area contributed by atoms with Crippen molar-refractivity contribution in [3.05, 3.63) is 40.6 Å². The Morgan fingerprint density at radius 1 is 1.35 bits per heavy atom. The molecular weight excluding hydrogens is 260 g/mol. The van der Waals surface area contributed by atoms with Crippen LogP contribution in [-0.2, 0) is 0 Å². The molecule has 104 valence electrons. The van der Waals surface area contributed by atoms with Gasteiger partial charge in [-0.15, -0.1) is 0 Å². The van der Waals surface area contributed by atoms with E-state index in [0.717, 1.165) is 12.6 Å². The van der Waals surface area contributed by atoms with Crippen molar-refractivity contribution in [1.82, 2.24) is 9.97 Å². The molecule has 1 aromatic carbocycles. The zero-order chi connectivity index (χ0) is 14.5. The number of nitrogen functional groups attached to an aromatic ring is 1. The van der Waals surface area contributed by atoms with Crippen LogP contribution in [0.4, 0.5) is 11.6 Å². The average Bonchev–Trinajstić information content (AvgIpc) is 2.45. The summed E-state index contributed by atoms with van der Waals surface area (Å²) in [6.07, 6.45) is 2.02. The van der Waals surface area contributed by atoms with Crippen LogP contribution < -0.4 is 10.5 Å². The monoisotopic (exact) mass is 274 g/mol. The summed E-state index contributed by atoms with van der Waals surface area (Å²) in [5.74, 6) is 0.706. The zero-order valence-electron chi connectivity index (χ0n) is 10.9. The number of nitro groups is 1. The van der Waals surface area contributed by atoms with E-state index in [9.17, 15) is 10.1 Å². The molecule has 2 aromatic rings. The number of benzene rings is 1. The van der Waals surface area contributed by atoms with Gasteiger partial charge in [0.1, 0.15) is 11.9 Å². The van der Waals surface area contributed by atoms with E-state index < -0.39 is 4.92 Å². The molecule has 0 fully saturated rings. The Labute approximate surface area is 115 Å². The molecule has 0 bridgehead atoms. The van der Waals surface area contributed by atoms with E-state index in [1.54, 1.807) is 24.3 Å². The highest BCUT2D eigenvalue weighted by molar-refractivity contribution is 5.70. The summed E-state index contributed by atoms with van der Waals surface area (Å²) in [6, 6.07) is 6.90. The van der Waals surface area contributed by atoms with E-state index in [2.05, 4.69) is 9.97 Å². The normalized spacial score (nSPS) is 10.2. The topological polar surface area (TPSA) is 104 Å². The van der Waals surface area contributed by atoms with Crippen LogP contribution in [0, 0.1) is 10.1 Å². The van der Waals surface area contributed by atoms with Crippen molar-refractivity contribution >= 4 is 11.6 Å². The van der Waals surface area contributed by atoms with Crippen molar-refractivity contribution in [2.24, 2.45) is 0 Å². The molecule has 1 aromatic heterocycles. The number of nitrogens with two attached hydrogens (primary N) is 1. The van der Waals surface area contributed by atoms with Gasteiger partial charge in [0.25, 0.3) is 0 Å². The first-order valence-electron chi connectivity index (χ1n) is 6.12. The van der Waals surface area contributed by atoms with Gasteiger partial charge < -0.3 is 10.5 Å². The maximum Gasteiger partial charge on any atom is 0.313 e. The van der Waals surface area contributed by atoms with E-state index in [1.165, 1.54) is 0 Å². The molecule has 0 aliphatic carbocycles. The molecule has 0 saturated heterocycles. The summed E-state index contributed by atoms with van der Waals surface area (Å²) in [5.41, 5.74) is 6.10. The maximum absolute atomic E-state index is 11.0. The molecule has 0 radical (unpaired) electrons. The fraction of sp³-hybridized carbons (Fsp3) is 0.231. The van der Waals surface area contributed by atoms with Crippen LogP contribution >= 0.6 is 0 Å². The predicted octanol–water partition coefficient (Wildman–Crippen LogP) is 2.42. The quantitative estimate of drug-likeness (QED) is 0.663. The fourth-order valence-corrected chi connectivity index (χ4v) is 1.66. The molecule has 2 N–H and O–H groups in total. The fourth-order valence-electron chi connectivity index (χ4n) is 1.66. The van der Waals surface area contributed by atoms with Crippen LogP contribution in [0.15, 0.2) is 30.5 Å². The summed E-state index contributed by atoms with van der Waals surface area (Å²) >= 11 is 0. The van der Waals surface area contributed by atoms with Crippen molar-refractivity contribution < 1.29 is 9.66 Å². The number of rotatable bonds is 5. The summed E-state index contributed by atoms with van der Waals surface area (Å²) in [6.45, 7) is 2.64. The van der Waals surface area contributed by atoms with Crippen LogP contribution in [0.3, 0.4) is 0 Å². The van der Waals surface area contributed by atoms with E-state index >= 15 is 0 Å². The Hall–Kier alpha value is -2.70. The number of hydrogen-bond acceptors (Lipinski definition) is 6. The van der Waals surface area contributed by atoms with Crippen LogP contribution in [-0.4, -0.2) is 21.5 Å². The van der Waals surface area contributed by atoms with Crippen molar-refractivity contribution in [2.75, 3.05) is 12.3 Å². The van der Waals surface area contributed by atoms with Gasteiger partial charge in [-0.25, -0.2) is 9.97 Å². The standard InChI is InChI=1S/C13H14N4O3/c1-2-7-20-10-5-3-9(4-6-10)12-11(17(18)19)8-15-13(14)16-12/h3-6,8H,2,7H2,1H3,(H2,14,15,16). The molecule has 0 unspecified atom stereocenters. The Morgan fingerprint density at radius 3 is 2.65 bits per heavy atom. The molecule has 7 heteroatoms. The van der Waals surface area contributed by atoms with Crippen molar-refractivity contribution in [3.63, 3.8) is 0 Å². The molecule has 0 saturated carbocycles. The molecule has 0 aliphatic rings. The highest BCUT2D eigenvalue weighted by atomic mass is 16.6. The largest absolute Gasteiger partial charge is 0.494 e. The van der Waals surface area contributed by atoms with Gasteiger partial charge in [0.05, 0.1) is 11.5 Å². The SMILES string of the molecule is CCCOc1ccc(-c2nc(N)ncc2[N+](=O)[O-])cc1. The van der Waals surface area contributed by atoms with Gasteiger partial charge in [-0.05, 0) is 30.7 Å². The van der Waals surface area contributed by atoms with Crippen LogP contribution in [0.2, 0.25) is 0 Å². The first-order chi connectivity index (χ1) is 9.61. The second-order valence-electron chi connectivity index (χ2n) is 4.09. The van der Waals surface area contributed by atoms with Crippen molar-refractivity contribution in [1.29, 1.82) is 0 Å². The van der Waals surface area contributed by atoms with E-state index in [0.29, 0.717) is 17.9 Å². The Morgan fingerprint density at radius 2 is 2.05 bits per heavy atom. The van der Waals surface area contributed by atoms with Gasteiger partial charge >= 0.3 is 5.69 Å².